The van der Waals surface area contributed by atoms with E-state index < -0.39 is 21.8 Å². The maximum atomic E-state index is 13.5. The van der Waals surface area contributed by atoms with E-state index in [0.717, 1.165) is 6.26 Å². The van der Waals surface area contributed by atoms with Crippen molar-refractivity contribution in [3.63, 3.8) is 0 Å². The van der Waals surface area contributed by atoms with Crippen molar-refractivity contribution >= 4 is 38.6 Å². The molecule has 12 heteroatoms. The van der Waals surface area contributed by atoms with Gasteiger partial charge in [0.1, 0.15) is 11.3 Å². The molecule has 0 fully saturated rings. The molecular weight excluding hydrogens is 486 g/mol. The molecule has 4 rings (SSSR count). The van der Waals surface area contributed by atoms with Crippen molar-refractivity contribution in [3.8, 4) is 11.3 Å². The Morgan fingerprint density at radius 2 is 1.94 bits per heavy atom. The SMILES string of the molecule is CN(CCNc1ccc2c3c(nn2CCOS(C)(=O)=O)-c2cnccc2C(=O)c13)C(=O)OC(C)(C)C. The van der Waals surface area contributed by atoms with E-state index >= 15 is 0 Å². The van der Waals surface area contributed by atoms with Crippen molar-refractivity contribution in [2.45, 2.75) is 32.9 Å². The number of anilines is 1. The fraction of sp³-hybridized carbons (Fsp3) is 0.417. The van der Waals surface area contributed by atoms with Gasteiger partial charge in [-0.15, -0.1) is 0 Å². The van der Waals surface area contributed by atoms with Crippen LogP contribution in [0.25, 0.3) is 22.2 Å². The van der Waals surface area contributed by atoms with E-state index in [0.29, 0.717) is 52.1 Å². The number of aromatic nitrogens is 3. The Morgan fingerprint density at radius 1 is 1.19 bits per heavy atom. The molecular formula is C24H29N5O6S. The number of hydrogen-bond donors (Lipinski definition) is 1. The number of nitrogens with one attached hydrogen (secondary N) is 1. The van der Waals surface area contributed by atoms with Gasteiger partial charge in [-0.2, -0.15) is 13.5 Å². The summed E-state index contributed by atoms with van der Waals surface area (Å²) in [5.41, 5.74) is 2.86. The predicted octanol–water partition coefficient (Wildman–Crippen LogP) is 2.90. The summed E-state index contributed by atoms with van der Waals surface area (Å²) >= 11 is 0. The summed E-state index contributed by atoms with van der Waals surface area (Å²) < 4.78 is 34.7. The van der Waals surface area contributed by atoms with Crippen molar-refractivity contribution in [2.24, 2.45) is 0 Å². The first-order valence-electron chi connectivity index (χ1n) is 11.4. The number of fused-ring (bicyclic) bond motifs is 2. The zero-order chi connectivity index (χ0) is 26.3. The second-order valence-corrected chi connectivity index (χ2v) is 11.2. The molecule has 0 saturated heterocycles. The standard InChI is InChI=1S/C24H29N5O6S/c1-24(2,3)35-23(31)28(4)11-10-26-17-6-7-18-20-19(17)22(30)15-8-9-25-14-16(15)21(20)27-29(18)12-13-34-36(5,32)33/h6-9,14,26H,10-13H2,1-5H3. The molecule has 1 aliphatic rings. The molecule has 0 saturated carbocycles. The highest BCUT2D eigenvalue weighted by Crippen LogP contribution is 2.41. The molecule has 0 bridgehead atoms. The van der Waals surface area contributed by atoms with Crippen LogP contribution in [0.4, 0.5) is 10.5 Å². The van der Waals surface area contributed by atoms with Gasteiger partial charge in [0.15, 0.2) is 5.78 Å². The number of likely N-dealkylation sites (N-methyl/N-ethyl adjacent to an activating group) is 1. The van der Waals surface area contributed by atoms with Gasteiger partial charge in [-0.05, 0) is 39.0 Å². The van der Waals surface area contributed by atoms with E-state index in [1.807, 2.05) is 6.07 Å². The average Bonchev–Trinajstić information content (AvgIpc) is 3.14. The lowest BCUT2D eigenvalue weighted by Crippen LogP contribution is -2.36. The number of benzene rings is 1. The van der Waals surface area contributed by atoms with Gasteiger partial charge in [0.05, 0.1) is 30.5 Å². The molecule has 0 aliphatic heterocycles. The summed E-state index contributed by atoms with van der Waals surface area (Å²) in [6.07, 6.45) is 3.72. The van der Waals surface area contributed by atoms with Crippen molar-refractivity contribution in [3.05, 3.63) is 41.7 Å². The lowest BCUT2D eigenvalue weighted by Gasteiger charge is -2.25. The summed E-state index contributed by atoms with van der Waals surface area (Å²) in [7, 11) is -1.94. The second kappa shape index (κ2) is 9.51. The molecule has 3 aromatic rings. The molecule has 2 heterocycles. The molecule has 0 atom stereocenters. The van der Waals surface area contributed by atoms with Gasteiger partial charge in [0, 0.05) is 54.7 Å². The normalized spacial score (nSPS) is 13.0. The molecule has 1 N–H and O–H groups in total. The number of rotatable bonds is 8. The van der Waals surface area contributed by atoms with Crippen LogP contribution in [0.1, 0.15) is 36.7 Å². The highest BCUT2D eigenvalue weighted by atomic mass is 32.2. The maximum Gasteiger partial charge on any atom is 0.410 e. The van der Waals surface area contributed by atoms with Crippen LogP contribution in [-0.2, 0) is 25.6 Å². The first-order chi connectivity index (χ1) is 16.9. The molecule has 11 nitrogen and oxygen atoms in total. The van der Waals surface area contributed by atoms with Gasteiger partial charge in [-0.25, -0.2) is 4.79 Å². The summed E-state index contributed by atoms with van der Waals surface area (Å²) in [4.78, 5) is 31.4. The second-order valence-electron chi connectivity index (χ2n) is 9.56. The number of pyridine rings is 1. The van der Waals surface area contributed by atoms with Gasteiger partial charge in [0.25, 0.3) is 10.1 Å². The van der Waals surface area contributed by atoms with Crippen LogP contribution in [0.3, 0.4) is 0 Å². The first-order valence-corrected chi connectivity index (χ1v) is 13.2. The first kappa shape index (κ1) is 25.6. The van der Waals surface area contributed by atoms with Crippen LogP contribution >= 0.6 is 0 Å². The number of carbonyl (C=O) groups is 2. The fourth-order valence-corrected chi connectivity index (χ4v) is 4.37. The summed E-state index contributed by atoms with van der Waals surface area (Å²) in [6, 6.07) is 5.27. The number of nitrogens with zero attached hydrogens (tertiary/aromatic N) is 4. The minimum Gasteiger partial charge on any atom is -0.444 e. The monoisotopic (exact) mass is 515 g/mol. The number of ketones is 1. The molecule has 2 aromatic heterocycles. The van der Waals surface area contributed by atoms with Crippen molar-refractivity contribution in [1.29, 1.82) is 0 Å². The third kappa shape index (κ3) is 5.34. The molecule has 0 spiro atoms. The lowest BCUT2D eigenvalue weighted by molar-refractivity contribution is 0.0305. The van der Waals surface area contributed by atoms with E-state index in [9.17, 15) is 18.0 Å². The predicted molar refractivity (Wildman–Crippen MR) is 135 cm³/mol. The van der Waals surface area contributed by atoms with E-state index in [1.165, 1.54) is 4.90 Å². The smallest absolute Gasteiger partial charge is 0.410 e. The van der Waals surface area contributed by atoms with Crippen LogP contribution in [0.5, 0.6) is 0 Å². The summed E-state index contributed by atoms with van der Waals surface area (Å²) in [5, 5.41) is 8.60. The Kier molecular flexibility index (Phi) is 6.76. The number of carbonyl (C=O) groups excluding carboxylic acids is 2. The van der Waals surface area contributed by atoms with E-state index in [1.54, 1.807) is 57.0 Å². The summed E-state index contributed by atoms with van der Waals surface area (Å²) in [6.45, 7) is 6.25. The molecule has 36 heavy (non-hydrogen) atoms. The molecule has 192 valence electrons. The summed E-state index contributed by atoms with van der Waals surface area (Å²) in [5.74, 6) is -0.166. The minimum absolute atomic E-state index is 0.0881. The Labute approximate surface area is 209 Å². The van der Waals surface area contributed by atoms with Crippen molar-refractivity contribution in [1.82, 2.24) is 19.7 Å². The molecule has 1 aromatic carbocycles. The van der Waals surface area contributed by atoms with Gasteiger partial charge >= 0.3 is 6.09 Å². The highest BCUT2D eigenvalue weighted by Gasteiger charge is 2.31. The minimum atomic E-state index is -3.59. The highest BCUT2D eigenvalue weighted by molar-refractivity contribution is 7.85. The molecule has 1 aliphatic carbocycles. The average molecular weight is 516 g/mol. The fourth-order valence-electron chi connectivity index (χ4n) is 3.99. The lowest BCUT2D eigenvalue weighted by atomic mass is 9.87. The Hall–Kier alpha value is -3.51. The molecule has 0 unspecified atom stereocenters. The topological polar surface area (TPSA) is 133 Å². The van der Waals surface area contributed by atoms with Gasteiger partial charge < -0.3 is 15.0 Å². The van der Waals surface area contributed by atoms with Gasteiger partial charge in [-0.1, -0.05) is 0 Å². The molecule has 1 amide bonds. The maximum absolute atomic E-state index is 13.5. The zero-order valence-corrected chi connectivity index (χ0v) is 21.7. The third-order valence-corrected chi connectivity index (χ3v) is 6.13. The van der Waals surface area contributed by atoms with Gasteiger partial charge in [-0.3, -0.25) is 18.6 Å². The van der Waals surface area contributed by atoms with Crippen LogP contribution in [0.2, 0.25) is 0 Å². The Bertz CT molecular complexity index is 1440. The quantitative estimate of drug-likeness (QED) is 0.352. The number of hydrogen-bond acceptors (Lipinski definition) is 9. The van der Waals surface area contributed by atoms with Gasteiger partial charge in [0.2, 0.25) is 0 Å². The van der Waals surface area contributed by atoms with Crippen LogP contribution in [0, 0.1) is 0 Å². The molecule has 0 radical (unpaired) electrons. The van der Waals surface area contributed by atoms with Crippen LogP contribution in [-0.4, -0.2) is 78.6 Å². The van der Waals surface area contributed by atoms with Crippen LogP contribution in [0.15, 0.2) is 30.6 Å². The van der Waals surface area contributed by atoms with Crippen molar-refractivity contribution in [2.75, 3.05) is 38.3 Å². The van der Waals surface area contributed by atoms with E-state index in [-0.39, 0.29) is 18.9 Å². The number of ether oxygens (including phenoxy) is 1. The zero-order valence-electron chi connectivity index (χ0n) is 20.9. The van der Waals surface area contributed by atoms with E-state index in [4.69, 9.17) is 8.92 Å². The van der Waals surface area contributed by atoms with Crippen molar-refractivity contribution < 1.29 is 26.9 Å². The number of amides is 1. The van der Waals surface area contributed by atoms with E-state index in [2.05, 4.69) is 15.4 Å². The third-order valence-electron chi connectivity index (χ3n) is 5.54. The Morgan fingerprint density at radius 3 is 2.64 bits per heavy atom. The van der Waals surface area contributed by atoms with Crippen LogP contribution < -0.4 is 5.32 Å². The Balaban J connectivity index is 1.64. The largest absolute Gasteiger partial charge is 0.444 e.